The van der Waals surface area contributed by atoms with E-state index >= 15 is 0 Å². The molecular formula is C16H15N3S. The second kappa shape index (κ2) is 6.69. The van der Waals surface area contributed by atoms with Crippen molar-refractivity contribution in [2.75, 3.05) is 10.6 Å². The Labute approximate surface area is 124 Å². The van der Waals surface area contributed by atoms with Gasteiger partial charge in [0, 0.05) is 11.4 Å². The summed E-state index contributed by atoms with van der Waals surface area (Å²) in [5.41, 5.74) is 4.06. The quantitative estimate of drug-likeness (QED) is 0.838. The predicted molar refractivity (Wildman–Crippen MR) is 86.8 cm³/mol. The SMILES string of the molecule is Cc1ccc(NC(=S)Nc2ccc(CC#N)cc2)cc1. The van der Waals surface area contributed by atoms with Gasteiger partial charge in [-0.3, -0.25) is 0 Å². The van der Waals surface area contributed by atoms with E-state index in [1.807, 2.05) is 55.5 Å². The van der Waals surface area contributed by atoms with E-state index in [1.54, 1.807) is 0 Å². The van der Waals surface area contributed by atoms with Crippen LogP contribution in [0.25, 0.3) is 0 Å². The zero-order chi connectivity index (χ0) is 14.4. The Balaban J connectivity index is 1.94. The monoisotopic (exact) mass is 281 g/mol. The lowest BCUT2D eigenvalue weighted by molar-refractivity contribution is 1.26. The van der Waals surface area contributed by atoms with Crippen molar-refractivity contribution in [3.8, 4) is 6.07 Å². The second-order valence-electron chi connectivity index (χ2n) is 4.48. The number of hydrogen-bond acceptors (Lipinski definition) is 2. The van der Waals surface area contributed by atoms with Gasteiger partial charge in [-0.1, -0.05) is 29.8 Å². The summed E-state index contributed by atoms with van der Waals surface area (Å²) in [6.07, 6.45) is 0.423. The minimum Gasteiger partial charge on any atom is -0.332 e. The van der Waals surface area contributed by atoms with Crippen molar-refractivity contribution in [1.29, 1.82) is 5.26 Å². The van der Waals surface area contributed by atoms with E-state index in [0.29, 0.717) is 11.5 Å². The van der Waals surface area contributed by atoms with Gasteiger partial charge in [0.25, 0.3) is 0 Å². The summed E-state index contributed by atoms with van der Waals surface area (Å²) in [4.78, 5) is 0. The third-order valence-corrected chi connectivity index (χ3v) is 3.01. The van der Waals surface area contributed by atoms with Crippen LogP contribution in [0.3, 0.4) is 0 Å². The maximum atomic E-state index is 8.62. The van der Waals surface area contributed by atoms with E-state index in [9.17, 15) is 0 Å². The minimum absolute atomic E-state index is 0.423. The first-order valence-corrected chi connectivity index (χ1v) is 6.69. The Bertz CT molecular complexity index is 624. The van der Waals surface area contributed by atoms with Gasteiger partial charge in [0.1, 0.15) is 0 Å². The number of rotatable bonds is 3. The van der Waals surface area contributed by atoms with Gasteiger partial charge in [-0.2, -0.15) is 5.26 Å². The fourth-order valence-corrected chi connectivity index (χ4v) is 1.96. The van der Waals surface area contributed by atoms with Gasteiger partial charge in [0.2, 0.25) is 0 Å². The third-order valence-electron chi connectivity index (χ3n) is 2.80. The summed E-state index contributed by atoms with van der Waals surface area (Å²) in [7, 11) is 0. The fraction of sp³-hybridized carbons (Fsp3) is 0.125. The van der Waals surface area contributed by atoms with Gasteiger partial charge >= 0.3 is 0 Å². The molecule has 0 bridgehead atoms. The Morgan fingerprint density at radius 3 is 2.00 bits per heavy atom. The lowest BCUT2D eigenvalue weighted by Gasteiger charge is -2.11. The van der Waals surface area contributed by atoms with Gasteiger partial charge in [-0.15, -0.1) is 0 Å². The molecule has 0 aliphatic carbocycles. The molecule has 20 heavy (non-hydrogen) atoms. The largest absolute Gasteiger partial charge is 0.332 e. The number of aryl methyl sites for hydroxylation is 1. The zero-order valence-electron chi connectivity index (χ0n) is 11.2. The summed E-state index contributed by atoms with van der Waals surface area (Å²) < 4.78 is 0. The molecule has 0 unspecified atom stereocenters. The van der Waals surface area contributed by atoms with Crippen LogP contribution >= 0.6 is 12.2 Å². The highest BCUT2D eigenvalue weighted by atomic mass is 32.1. The Kier molecular flexibility index (Phi) is 4.70. The number of anilines is 2. The van der Waals surface area contributed by atoms with Gasteiger partial charge < -0.3 is 10.6 Å². The van der Waals surface area contributed by atoms with Crippen molar-refractivity contribution < 1.29 is 0 Å². The molecule has 0 saturated carbocycles. The summed E-state index contributed by atoms with van der Waals surface area (Å²) in [6.45, 7) is 2.04. The molecule has 0 radical (unpaired) electrons. The van der Waals surface area contributed by atoms with Crippen LogP contribution in [-0.4, -0.2) is 5.11 Å². The minimum atomic E-state index is 0.423. The standard InChI is InChI=1S/C16H15N3S/c1-12-2-6-14(7-3-12)18-16(20)19-15-8-4-13(5-9-15)10-11-17/h2-9H,10H2,1H3,(H2,18,19,20). The predicted octanol–water partition coefficient (Wildman–Crippen LogP) is 3.87. The summed E-state index contributed by atoms with van der Waals surface area (Å²) in [5.74, 6) is 0. The van der Waals surface area contributed by atoms with E-state index in [2.05, 4.69) is 16.7 Å². The molecule has 100 valence electrons. The van der Waals surface area contributed by atoms with Crippen LogP contribution in [0.15, 0.2) is 48.5 Å². The van der Waals surface area contributed by atoms with E-state index in [-0.39, 0.29) is 0 Å². The summed E-state index contributed by atoms with van der Waals surface area (Å²) in [6, 6.07) is 17.8. The molecule has 0 saturated heterocycles. The first-order valence-electron chi connectivity index (χ1n) is 6.28. The van der Waals surface area contributed by atoms with E-state index in [4.69, 9.17) is 17.5 Å². The molecule has 0 amide bonds. The lowest BCUT2D eigenvalue weighted by Crippen LogP contribution is -2.18. The number of nitriles is 1. The summed E-state index contributed by atoms with van der Waals surface area (Å²) in [5, 5.41) is 15.4. The van der Waals surface area contributed by atoms with Crippen LogP contribution in [0.2, 0.25) is 0 Å². The highest BCUT2D eigenvalue weighted by molar-refractivity contribution is 7.80. The molecule has 0 aliphatic heterocycles. The molecule has 0 aromatic heterocycles. The van der Waals surface area contributed by atoms with Gasteiger partial charge in [-0.25, -0.2) is 0 Å². The van der Waals surface area contributed by atoms with Crippen LogP contribution in [0.1, 0.15) is 11.1 Å². The van der Waals surface area contributed by atoms with Crippen LogP contribution in [0.4, 0.5) is 11.4 Å². The molecule has 0 aliphatic rings. The average Bonchev–Trinajstić information content (AvgIpc) is 2.44. The number of nitrogens with zero attached hydrogens (tertiary/aromatic N) is 1. The first kappa shape index (κ1) is 14.0. The number of hydrogen-bond donors (Lipinski definition) is 2. The molecule has 2 rings (SSSR count). The van der Waals surface area contributed by atoms with Crippen LogP contribution < -0.4 is 10.6 Å². The average molecular weight is 281 g/mol. The second-order valence-corrected chi connectivity index (χ2v) is 4.89. The molecule has 0 fully saturated rings. The number of benzene rings is 2. The van der Waals surface area contributed by atoms with Gasteiger partial charge in [0.15, 0.2) is 5.11 Å². The maximum Gasteiger partial charge on any atom is 0.175 e. The summed E-state index contributed by atoms with van der Waals surface area (Å²) >= 11 is 5.26. The van der Waals surface area contributed by atoms with Crippen LogP contribution in [-0.2, 0) is 6.42 Å². The van der Waals surface area contributed by atoms with Crippen molar-refractivity contribution in [3.63, 3.8) is 0 Å². The van der Waals surface area contributed by atoms with Crippen molar-refractivity contribution in [2.45, 2.75) is 13.3 Å². The van der Waals surface area contributed by atoms with E-state index < -0.39 is 0 Å². The molecule has 2 aromatic rings. The Hall–Kier alpha value is -2.38. The molecule has 2 aromatic carbocycles. The van der Waals surface area contributed by atoms with Crippen molar-refractivity contribution in [1.82, 2.24) is 0 Å². The van der Waals surface area contributed by atoms with Gasteiger partial charge in [-0.05, 0) is 49.0 Å². The highest BCUT2D eigenvalue weighted by Gasteiger charge is 1.99. The molecule has 3 nitrogen and oxygen atoms in total. The highest BCUT2D eigenvalue weighted by Crippen LogP contribution is 2.12. The molecule has 0 spiro atoms. The smallest absolute Gasteiger partial charge is 0.175 e. The Morgan fingerprint density at radius 1 is 1.00 bits per heavy atom. The van der Waals surface area contributed by atoms with Crippen LogP contribution in [0.5, 0.6) is 0 Å². The molecule has 0 heterocycles. The normalized spacial score (nSPS) is 9.60. The Morgan fingerprint density at radius 2 is 1.50 bits per heavy atom. The maximum absolute atomic E-state index is 8.62. The molecule has 0 atom stereocenters. The molecule has 2 N–H and O–H groups in total. The van der Waals surface area contributed by atoms with E-state index in [1.165, 1.54) is 5.56 Å². The van der Waals surface area contributed by atoms with Crippen molar-refractivity contribution in [2.24, 2.45) is 0 Å². The number of nitrogens with one attached hydrogen (secondary N) is 2. The molecular weight excluding hydrogens is 266 g/mol. The lowest BCUT2D eigenvalue weighted by atomic mass is 10.1. The van der Waals surface area contributed by atoms with Crippen LogP contribution in [0, 0.1) is 18.3 Å². The number of thiocarbonyl (C=S) groups is 1. The van der Waals surface area contributed by atoms with Crippen molar-refractivity contribution >= 4 is 28.7 Å². The third kappa shape index (κ3) is 4.08. The topological polar surface area (TPSA) is 47.8 Å². The molecule has 4 heteroatoms. The fourth-order valence-electron chi connectivity index (χ4n) is 1.73. The van der Waals surface area contributed by atoms with Crippen molar-refractivity contribution in [3.05, 3.63) is 59.7 Å². The van der Waals surface area contributed by atoms with Gasteiger partial charge in [0.05, 0.1) is 12.5 Å². The first-order chi connectivity index (χ1) is 9.67. The van der Waals surface area contributed by atoms with E-state index in [0.717, 1.165) is 16.9 Å². The zero-order valence-corrected chi connectivity index (χ0v) is 12.0.